The molecule has 0 amide bonds. The first-order valence-corrected chi connectivity index (χ1v) is 6.62. The predicted molar refractivity (Wildman–Crippen MR) is 50.1 cm³/mol. The van der Waals surface area contributed by atoms with E-state index in [1.807, 2.05) is 0 Å². The van der Waals surface area contributed by atoms with Crippen LogP contribution in [-0.4, -0.2) is 19.8 Å². The fourth-order valence-corrected chi connectivity index (χ4v) is 3.10. The van der Waals surface area contributed by atoms with Gasteiger partial charge in [-0.25, -0.2) is 0 Å². The molecule has 0 saturated heterocycles. The van der Waals surface area contributed by atoms with E-state index in [9.17, 15) is 9.59 Å². The Morgan fingerprint density at radius 3 is 2.00 bits per heavy atom. The van der Waals surface area contributed by atoms with Crippen molar-refractivity contribution in [3.05, 3.63) is 12.7 Å². The predicted octanol–water partition coefficient (Wildman–Crippen LogP) is 1.48. The van der Waals surface area contributed by atoms with Gasteiger partial charge in [-0.2, -0.15) is 0 Å². The fourth-order valence-electron chi connectivity index (χ4n) is 0.706. The minimum Gasteiger partial charge on any atom is -0.474 e. The molecule has 4 nitrogen and oxygen atoms in total. The van der Waals surface area contributed by atoms with Crippen LogP contribution in [0.5, 0.6) is 0 Å². The molecular formula is C7H11ClO4Si. The van der Waals surface area contributed by atoms with Crippen LogP contribution in [0.25, 0.3) is 0 Å². The zero-order valence-electron chi connectivity index (χ0n) is 7.50. The summed E-state index contributed by atoms with van der Waals surface area (Å²) < 4.78 is 9.48. The molecule has 0 aromatic heterocycles. The smallest absolute Gasteiger partial charge is 0.474 e. The normalized spacial score (nSPS) is 10.4. The van der Waals surface area contributed by atoms with Gasteiger partial charge in [0.1, 0.15) is 0 Å². The lowest BCUT2D eigenvalue weighted by atomic mass is 10.8. The molecule has 0 aliphatic rings. The number of carbonyl (C=O) groups is 2. The molecule has 0 aliphatic carbocycles. The Morgan fingerprint density at radius 2 is 1.77 bits per heavy atom. The average molecular weight is 223 g/mol. The second-order valence-electron chi connectivity index (χ2n) is 2.34. The van der Waals surface area contributed by atoms with Gasteiger partial charge < -0.3 is 8.85 Å². The van der Waals surface area contributed by atoms with Gasteiger partial charge in [-0.05, 0) is 0 Å². The van der Waals surface area contributed by atoms with E-state index in [0.29, 0.717) is 0 Å². The SMILES string of the molecule is C=CC[Si](Cl)(OC(C)=O)OC(C)=O. The Morgan fingerprint density at radius 1 is 1.38 bits per heavy atom. The van der Waals surface area contributed by atoms with Crippen molar-refractivity contribution in [3.8, 4) is 0 Å². The average Bonchev–Trinajstić information content (AvgIpc) is 1.81. The Labute approximate surface area is 82.4 Å². The van der Waals surface area contributed by atoms with E-state index in [4.69, 9.17) is 19.9 Å². The zero-order chi connectivity index (χ0) is 10.5. The highest BCUT2D eigenvalue weighted by molar-refractivity contribution is 7.14. The molecule has 0 N–H and O–H groups in total. The summed E-state index contributed by atoms with van der Waals surface area (Å²) in [6, 6.07) is 0.174. The summed E-state index contributed by atoms with van der Waals surface area (Å²) in [6.07, 6.45) is 1.45. The van der Waals surface area contributed by atoms with Crippen LogP contribution < -0.4 is 0 Å². The van der Waals surface area contributed by atoms with Crippen LogP contribution in [0.15, 0.2) is 12.7 Å². The monoisotopic (exact) mass is 222 g/mol. The van der Waals surface area contributed by atoms with Gasteiger partial charge in [-0.1, -0.05) is 17.2 Å². The molecular weight excluding hydrogens is 212 g/mol. The summed E-state index contributed by atoms with van der Waals surface area (Å²) >= 11 is 5.81. The molecule has 0 spiro atoms. The fraction of sp³-hybridized carbons (Fsp3) is 0.429. The zero-order valence-corrected chi connectivity index (χ0v) is 9.26. The van der Waals surface area contributed by atoms with E-state index in [0.717, 1.165) is 0 Å². The van der Waals surface area contributed by atoms with Gasteiger partial charge in [0.15, 0.2) is 0 Å². The van der Waals surface area contributed by atoms with Crippen LogP contribution >= 0.6 is 11.1 Å². The molecule has 0 aliphatic heterocycles. The van der Waals surface area contributed by atoms with E-state index in [2.05, 4.69) is 6.58 Å². The van der Waals surface area contributed by atoms with Crippen molar-refractivity contribution in [1.82, 2.24) is 0 Å². The lowest BCUT2D eigenvalue weighted by molar-refractivity contribution is -0.138. The molecule has 0 rings (SSSR count). The third kappa shape index (κ3) is 5.43. The minimum absolute atomic E-state index is 0.174. The van der Waals surface area contributed by atoms with E-state index >= 15 is 0 Å². The maximum atomic E-state index is 10.6. The summed E-state index contributed by atoms with van der Waals surface area (Å²) in [5.41, 5.74) is 0. The first-order chi connectivity index (χ1) is 5.89. The molecule has 0 bridgehead atoms. The Balaban J connectivity index is 4.40. The van der Waals surface area contributed by atoms with E-state index in [-0.39, 0.29) is 6.04 Å². The van der Waals surface area contributed by atoms with Crippen molar-refractivity contribution in [3.63, 3.8) is 0 Å². The summed E-state index contributed by atoms with van der Waals surface area (Å²) in [7, 11) is -3.22. The van der Waals surface area contributed by atoms with Crippen molar-refractivity contribution in [2.24, 2.45) is 0 Å². The molecule has 0 atom stereocenters. The Hall–Kier alpha value is -0.813. The lowest BCUT2D eigenvalue weighted by Gasteiger charge is -2.20. The molecule has 6 heteroatoms. The highest BCUT2D eigenvalue weighted by atomic mass is 35.6. The van der Waals surface area contributed by atoms with E-state index in [1.54, 1.807) is 0 Å². The number of carbonyl (C=O) groups excluding carboxylic acids is 2. The highest BCUT2D eigenvalue weighted by Gasteiger charge is 2.41. The van der Waals surface area contributed by atoms with Crippen LogP contribution in [0.2, 0.25) is 6.04 Å². The standard InChI is InChI=1S/C7H11ClO4Si/c1-4-5-13(8,11-6(2)9)12-7(3)10/h4H,1,5H2,2-3H3. The quantitative estimate of drug-likeness (QED) is 0.411. The van der Waals surface area contributed by atoms with Crippen LogP contribution in [0.4, 0.5) is 0 Å². The van der Waals surface area contributed by atoms with Crippen molar-refractivity contribution >= 4 is 30.9 Å². The first-order valence-electron chi connectivity index (χ1n) is 3.58. The Bertz CT molecular complexity index is 213. The van der Waals surface area contributed by atoms with Crippen LogP contribution in [0, 0.1) is 0 Å². The molecule has 0 heterocycles. The first kappa shape index (κ1) is 12.2. The number of hydrogen-bond acceptors (Lipinski definition) is 4. The summed E-state index contributed by atoms with van der Waals surface area (Å²) in [6.45, 7) is 5.84. The van der Waals surface area contributed by atoms with Gasteiger partial charge in [-0.15, -0.1) is 6.58 Å². The molecule has 0 unspecified atom stereocenters. The van der Waals surface area contributed by atoms with E-state index < -0.39 is 19.8 Å². The van der Waals surface area contributed by atoms with Gasteiger partial charge in [0.05, 0.1) is 0 Å². The van der Waals surface area contributed by atoms with Gasteiger partial charge in [-0.3, -0.25) is 9.59 Å². The maximum Gasteiger partial charge on any atom is 0.576 e. The van der Waals surface area contributed by atoms with Crippen LogP contribution in [-0.2, 0) is 18.4 Å². The second-order valence-corrected chi connectivity index (χ2v) is 6.20. The Kier molecular flexibility index (Phi) is 4.72. The van der Waals surface area contributed by atoms with Gasteiger partial charge >= 0.3 is 7.87 Å². The number of allylic oxidation sites excluding steroid dienone is 1. The van der Waals surface area contributed by atoms with E-state index in [1.165, 1.54) is 19.9 Å². The van der Waals surface area contributed by atoms with Crippen molar-refractivity contribution < 1.29 is 18.4 Å². The van der Waals surface area contributed by atoms with Crippen molar-refractivity contribution in [1.29, 1.82) is 0 Å². The maximum absolute atomic E-state index is 10.6. The largest absolute Gasteiger partial charge is 0.576 e. The topological polar surface area (TPSA) is 52.6 Å². The molecule has 0 fully saturated rings. The minimum atomic E-state index is -3.22. The molecule has 0 saturated carbocycles. The lowest BCUT2D eigenvalue weighted by Crippen LogP contribution is -2.38. The molecule has 0 aromatic carbocycles. The van der Waals surface area contributed by atoms with Crippen molar-refractivity contribution in [2.45, 2.75) is 19.9 Å². The number of halogens is 1. The van der Waals surface area contributed by atoms with Gasteiger partial charge in [0.25, 0.3) is 11.9 Å². The van der Waals surface area contributed by atoms with Gasteiger partial charge in [0, 0.05) is 19.9 Å². The highest BCUT2D eigenvalue weighted by Crippen LogP contribution is 2.19. The third-order valence-electron chi connectivity index (χ3n) is 0.980. The molecule has 74 valence electrons. The number of hydrogen-bond donors (Lipinski definition) is 0. The summed E-state index contributed by atoms with van der Waals surface area (Å²) in [4.78, 5) is 21.2. The van der Waals surface area contributed by atoms with Crippen molar-refractivity contribution in [2.75, 3.05) is 0 Å². The summed E-state index contributed by atoms with van der Waals surface area (Å²) in [5, 5.41) is 0. The summed E-state index contributed by atoms with van der Waals surface area (Å²) in [5.74, 6) is -1.13. The van der Waals surface area contributed by atoms with Crippen LogP contribution in [0.1, 0.15) is 13.8 Å². The van der Waals surface area contributed by atoms with Crippen LogP contribution in [0.3, 0.4) is 0 Å². The number of rotatable bonds is 4. The third-order valence-corrected chi connectivity index (χ3v) is 3.87. The molecule has 13 heavy (non-hydrogen) atoms. The van der Waals surface area contributed by atoms with Gasteiger partial charge in [0.2, 0.25) is 0 Å². The second kappa shape index (κ2) is 5.03. The molecule has 0 radical (unpaired) electrons. The molecule has 0 aromatic rings.